The summed E-state index contributed by atoms with van der Waals surface area (Å²) in [4.78, 5) is 0. The maximum Gasteiger partial charge on any atom is 0.0976 e. The van der Waals surface area contributed by atoms with Crippen LogP contribution in [0.1, 0.15) is 70.0 Å². The first-order valence-corrected chi connectivity index (χ1v) is 9.27. The molecule has 0 aliphatic heterocycles. The molecule has 2 rings (SSSR count). The Labute approximate surface area is 132 Å². The number of aryl methyl sites for hydroxylation is 1. The molecular weight excluding hydrogens is 278 g/mol. The minimum absolute atomic E-state index is 0.214. The predicted octanol–water partition coefficient (Wildman–Crippen LogP) is 4.67. The van der Waals surface area contributed by atoms with E-state index in [1.165, 1.54) is 43.2 Å². The van der Waals surface area contributed by atoms with Crippen LogP contribution in [0.3, 0.4) is 0 Å². The van der Waals surface area contributed by atoms with Crippen molar-refractivity contribution in [2.45, 2.75) is 70.6 Å². The third-order valence-corrected chi connectivity index (χ3v) is 5.93. The van der Waals surface area contributed by atoms with Crippen LogP contribution in [0, 0.1) is 12.8 Å². The van der Waals surface area contributed by atoms with Crippen LogP contribution in [0.4, 0.5) is 0 Å². The van der Waals surface area contributed by atoms with Gasteiger partial charge in [-0.05, 0) is 52.0 Å². The van der Waals surface area contributed by atoms with Gasteiger partial charge < -0.3 is 0 Å². The van der Waals surface area contributed by atoms with Crippen LogP contribution >= 0.6 is 0 Å². The van der Waals surface area contributed by atoms with Crippen LogP contribution in [0.25, 0.3) is 0 Å². The zero-order valence-corrected chi connectivity index (χ0v) is 14.6. The largest absolute Gasteiger partial charge is 0.242 e. The van der Waals surface area contributed by atoms with Gasteiger partial charge in [0.1, 0.15) is 0 Å². The minimum Gasteiger partial charge on any atom is -0.242 e. The van der Waals surface area contributed by atoms with E-state index in [-0.39, 0.29) is 10.8 Å². The van der Waals surface area contributed by atoms with Crippen molar-refractivity contribution in [3.05, 3.63) is 35.4 Å². The molecule has 1 N–H and O–H groups in total. The molecule has 0 heterocycles. The molecule has 21 heavy (non-hydrogen) atoms. The van der Waals surface area contributed by atoms with Crippen LogP contribution in [-0.4, -0.2) is 8.96 Å². The fraction of sp³-hybridized carbons (Fsp3) is 0.667. The Bertz CT molecular complexity index is 469. The van der Waals surface area contributed by atoms with Crippen LogP contribution in [0.5, 0.6) is 0 Å². The van der Waals surface area contributed by atoms with E-state index in [1.807, 2.05) is 20.8 Å². The van der Waals surface area contributed by atoms with E-state index < -0.39 is 11.0 Å². The molecule has 0 saturated heterocycles. The maximum atomic E-state index is 12.6. The predicted molar refractivity (Wildman–Crippen MR) is 91.5 cm³/mol. The zero-order chi connectivity index (χ0) is 15.5. The van der Waals surface area contributed by atoms with Gasteiger partial charge >= 0.3 is 0 Å². The molecule has 1 saturated carbocycles. The first-order valence-electron chi connectivity index (χ1n) is 8.12. The van der Waals surface area contributed by atoms with E-state index >= 15 is 0 Å². The molecular formula is C18H29NOS. The van der Waals surface area contributed by atoms with Gasteiger partial charge in [0, 0.05) is 6.04 Å². The Balaban J connectivity index is 2.21. The Morgan fingerprint density at radius 3 is 2.19 bits per heavy atom. The monoisotopic (exact) mass is 307 g/mol. The molecule has 1 unspecified atom stereocenters. The van der Waals surface area contributed by atoms with Crippen molar-refractivity contribution in [1.29, 1.82) is 0 Å². The SMILES string of the molecule is Cc1ccc([C@H](NS(=O)C(C)(C)C)C2CCCCC2)cc1. The average molecular weight is 308 g/mol. The van der Waals surface area contributed by atoms with Crippen molar-refractivity contribution in [3.8, 4) is 0 Å². The standard InChI is InChI=1S/C18H29NOS/c1-14-10-12-16(13-11-14)17(15-8-6-5-7-9-15)19-21(20)18(2,3)4/h10-13,15,17,19H,5-9H2,1-4H3/t17-,21?/m1/s1. The highest BCUT2D eigenvalue weighted by Gasteiger charge is 2.29. The third kappa shape index (κ3) is 4.65. The van der Waals surface area contributed by atoms with Crippen LogP contribution in [0.15, 0.2) is 24.3 Å². The number of rotatable bonds is 4. The molecule has 0 aromatic heterocycles. The van der Waals surface area contributed by atoms with Crippen molar-refractivity contribution < 1.29 is 4.21 Å². The van der Waals surface area contributed by atoms with Gasteiger partial charge in [-0.25, -0.2) is 8.93 Å². The van der Waals surface area contributed by atoms with Crippen molar-refractivity contribution in [1.82, 2.24) is 4.72 Å². The number of hydrogen-bond acceptors (Lipinski definition) is 1. The third-order valence-electron chi connectivity index (χ3n) is 4.35. The molecule has 118 valence electrons. The van der Waals surface area contributed by atoms with Crippen LogP contribution in [0.2, 0.25) is 0 Å². The van der Waals surface area contributed by atoms with Gasteiger partial charge in [0.15, 0.2) is 0 Å². The molecule has 2 nitrogen and oxygen atoms in total. The maximum absolute atomic E-state index is 12.6. The normalized spacial score (nSPS) is 20.2. The summed E-state index contributed by atoms with van der Waals surface area (Å²) in [7, 11) is -1.02. The number of hydrogen-bond donors (Lipinski definition) is 1. The van der Waals surface area contributed by atoms with E-state index in [0.717, 1.165) is 0 Å². The van der Waals surface area contributed by atoms with Gasteiger partial charge in [-0.15, -0.1) is 0 Å². The number of nitrogens with one attached hydrogen (secondary N) is 1. The molecule has 1 aromatic rings. The van der Waals surface area contributed by atoms with Crippen molar-refractivity contribution in [3.63, 3.8) is 0 Å². The Hall–Kier alpha value is -0.670. The summed E-state index contributed by atoms with van der Waals surface area (Å²) < 4.78 is 15.8. The molecule has 1 fully saturated rings. The highest BCUT2D eigenvalue weighted by Crippen LogP contribution is 2.35. The van der Waals surface area contributed by atoms with Crippen molar-refractivity contribution in [2.75, 3.05) is 0 Å². The molecule has 0 spiro atoms. The Morgan fingerprint density at radius 1 is 1.10 bits per heavy atom. The van der Waals surface area contributed by atoms with E-state index in [2.05, 4.69) is 35.9 Å². The first kappa shape index (κ1) is 16.7. The smallest absolute Gasteiger partial charge is 0.0976 e. The summed E-state index contributed by atoms with van der Waals surface area (Å²) >= 11 is 0. The second kappa shape index (κ2) is 7.06. The van der Waals surface area contributed by atoms with Gasteiger partial charge in [-0.2, -0.15) is 0 Å². The molecule has 0 bridgehead atoms. The molecule has 2 atom stereocenters. The zero-order valence-electron chi connectivity index (χ0n) is 13.8. The molecule has 1 aromatic carbocycles. The van der Waals surface area contributed by atoms with Crippen molar-refractivity contribution in [2.24, 2.45) is 5.92 Å². The molecule has 0 radical (unpaired) electrons. The second-order valence-electron chi connectivity index (χ2n) is 7.29. The van der Waals surface area contributed by atoms with E-state index in [9.17, 15) is 4.21 Å². The highest BCUT2D eigenvalue weighted by atomic mass is 32.2. The summed E-state index contributed by atoms with van der Waals surface area (Å²) in [6.45, 7) is 8.20. The lowest BCUT2D eigenvalue weighted by Crippen LogP contribution is -2.39. The average Bonchev–Trinajstić information content (AvgIpc) is 2.45. The lowest BCUT2D eigenvalue weighted by molar-refractivity contribution is 0.295. The van der Waals surface area contributed by atoms with E-state index in [1.54, 1.807) is 0 Å². The highest BCUT2D eigenvalue weighted by molar-refractivity contribution is 7.84. The molecule has 0 amide bonds. The summed E-state index contributed by atoms with van der Waals surface area (Å²) in [5.41, 5.74) is 2.56. The molecule has 3 heteroatoms. The Morgan fingerprint density at radius 2 is 1.67 bits per heavy atom. The molecule has 1 aliphatic carbocycles. The summed E-state index contributed by atoms with van der Waals surface area (Å²) in [5, 5.41) is 0. The fourth-order valence-electron chi connectivity index (χ4n) is 2.97. The van der Waals surface area contributed by atoms with Crippen LogP contribution in [-0.2, 0) is 11.0 Å². The quantitative estimate of drug-likeness (QED) is 0.860. The summed E-state index contributed by atoms with van der Waals surface area (Å²) in [5.74, 6) is 0.604. The lowest BCUT2D eigenvalue weighted by Gasteiger charge is -2.33. The van der Waals surface area contributed by atoms with Gasteiger partial charge in [0.25, 0.3) is 0 Å². The first-order chi connectivity index (χ1) is 9.88. The second-order valence-corrected chi connectivity index (χ2v) is 9.28. The topological polar surface area (TPSA) is 29.1 Å². The molecule has 1 aliphatic rings. The minimum atomic E-state index is -1.02. The van der Waals surface area contributed by atoms with E-state index in [4.69, 9.17) is 0 Å². The summed E-state index contributed by atoms with van der Waals surface area (Å²) in [6, 6.07) is 8.92. The lowest BCUT2D eigenvalue weighted by atomic mass is 9.81. The van der Waals surface area contributed by atoms with Crippen molar-refractivity contribution >= 4 is 11.0 Å². The van der Waals surface area contributed by atoms with Gasteiger partial charge in [0.05, 0.1) is 15.7 Å². The summed E-state index contributed by atoms with van der Waals surface area (Å²) in [6.07, 6.45) is 6.44. The van der Waals surface area contributed by atoms with Gasteiger partial charge in [0.2, 0.25) is 0 Å². The number of benzene rings is 1. The Kier molecular flexibility index (Phi) is 5.61. The van der Waals surface area contributed by atoms with Gasteiger partial charge in [-0.3, -0.25) is 0 Å². The van der Waals surface area contributed by atoms with E-state index in [0.29, 0.717) is 5.92 Å². The van der Waals surface area contributed by atoms with Crippen LogP contribution < -0.4 is 4.72 Å². The van der Waals surface area contributed by atoms with Gasteiger partial charge in [-0.1, -0.05) is 49.1 Å². The fourth-order valence-corrected chi connectivity index (χ4v) is 3.88.